The zero-order valence-corrected chi connectivity index (χ0v) is 12.2. The predicted molar refractivity (Wildman–Crippen MR) is 74.8 cm³/mol. The Kier molecular flexibility index (Phi) is 4.12. The standard InChI is InChI=1S/C13H18N2O4S/c1-8-3-5-10(20(14,17)18)7-11(8)15-13(16)12-6-4-9(2)19-12/h3,5,7,9,12H,4,6H2,1-2H3,(H,15,16)(H2,14,17,18). The largest absolute Gasteiger partial charge is 0.365 e. The van der Waals surface area contributed by atoms with Crippen molar-refractivity contribution in [1.82, 2.24) is 0 Å². The highest BCUT2D eigenvalue weighted by Crippen LogP contribution is 2.23. The molecule has 1 saturated heterocycles. The molecule has 1 fully saturated rings. The van der Waals surface area contributed by atoms with Crippen molar-refractivity contribution in [2.75, 3.05) is 5.32 Å². The molecule has 7 heteroatoms. The molecule has 2 atom stereocenters. The van der Waals surface area contributed by atoms with Crippen LogP contribution in [0.3, 0.4) is 0 Å². The van der Waals surface area contributed by atoms with E-state index in [1.54, 1.807) is 13.0 Å². The van der Waals surface area contributed by atoms with Gasteiger partial charge in [-0.25, -0.2) is 13.6 Å². The van der Waals surface area contributed by atoms with E-state index in [1.807, 2.05) is 6.92 Å². The molecule has 0 aromatic heterocycles. The molecule has 110 valence electrons. The van der Waals surface area contributed by atoms with Crippen LogP contribution in [0.1, 0.15) is 25.3 Å². The van der Waals surface area contributed by atoms with Crippen LogP contribution in [0, 0.1) is 6.92 Å². The number of carbonyl (C=O) groups is 1. The lowest BCUT2D eigenvalue weighted by atomic mass is 10.1. The third-order valence-electron chi connectivity index (χ3n) is 3.32. The van der Waals surface area contributed by atoms with Gasteiger partial charge in [0.2, 0.25) is 10.0 Å². The molecule has 6 nitrogen and oxygen atoms in total. The van der Waals surface area contributed by atoms with Gasteiger partial charge in [0, 0.05) is 5.69 Å². The maximum Gasteiger partial charge on any atom is 0.253 e. The van der Waals surface area contributed by atoms with E-state index in [-0.39, 0.29) is 16.9 Å². The number of hydrogen-bond donors (Lipinski definition) is 2. The van der Waals surface area contributed by atoms with Crippen molar-refractivity contribution in [2.45, 2.75) is 43.8 Å². The van der Waals surface area contributed by atoms with E-state index >= 15 is 0 Å². The van der Waals surface area contributed by atoms with Crippen molar-refractivity contribution in [1.29, 1.82) is 0 Å². The number of benzene rings is 1. The van der Waals surface area contributed by atoms with Gasteiger partial charge in [-0.1, -0.05) is 6.07 Å². The van der Waals surface area contributed by atoms with Crippen molar-refractivity contribution < 1.29 is 17.9 Å². The van der Waals surface area contributed by atoms with Gasteiger partial charge in [-0.3, -0.25) is 4.79 Å². The van der Waals surface area contributed by atoms with Crippen molar-refractivity contribution in [2.24, 2.45) is 5.14 Å². The third-order valence-corrected chi connectivity index (χ3v) is 4.23. The average Bonchev–Trinajstić information content (AvgIpc) is 2.77. The van der Waals surface area contributed by atoms with E-state index in [4.69, 9.17) is 9.88 Å². The molecule has 2 unspecified atom stereocenters. The molecule has 3 N–H and O–H groups in total. The molecular formula is C13H18N2O4S. The number of aryl methyl sites for hydroxylation is 1. The van der Waals surface area contributed by atoms with Crippen molar-refractivity contribution in [3.63, 3.8) is 0 Å². The molecule has 0 bridgehead atoms. The summed E-state index contributed by atoms with van der Waals surface area (Å²) in [7, 11) is -3.79. The van der Waals surface area contributed by atoms with Crippen LogP contribution < -0.4 is 10.5 Å². The van der Waals surface area contributed by atoms with Crippen LogP contribution in [0.4, 0.5) is 5.69 Å². The summed E-state index contributed by atoms with van der Waals surface area (Å²) in [4.78, 5) is 12.0. The Labute approximate surface area is 118 Å². The fraction of sp³-hybridized carbons (Fsp3) is 0.462. The van der Waals surface area contributed by atoms with Gasteiger partial charge in [0.1, 0.15) is 6.10 Å². The Hall–Kier alpha value is -1.44. The minimum Gasteiger partial charge on any atom is -0.365 e. The molecule has 2 rings (SSSR count). The molecule has 0 saturated carbocycles. The second-order valence-corrected chi connectivity index (χ2v) is 6.59. The molecule has 0 spiro atoms. The third kappa shape index (κ3) is 3.36. The van der Waals surface area contributed by atoms with E-state index in [0.717, 1.165) is 12.0 Å². The normalized spacial score (nSPS) is 22.8. The van der Waals surface area contributed by atoms with Crippen LogP contribution in [0.15, 0.2) is 23.1 Å². The summed E-state index contributed by atoms with van der Waals surface area (Å²) in [5, 5.41) is 7.78. The lowest BCUT2D eigenvalue weighted by molar-refractivity contribution is -0.126. The van der Waals surface area contributed by atoms with Gasteiger partial charge in [0.25, 0.3) is 5.91 Å². The van der Waals surface area contributed by atoms with Gasteiger partial charge < -0.3 is 10.1 Å². The van der Waals surface area contributed by atoms with Gasteiger partial charge in [-0.2, -0.15) is 0 Å². The number of anilines is 1. The molecule has 1 aliphatic rings. The fourth-order valence-electron chi connectivity index (χ4n) is 2.12. The van der Waals surface area contributed by atoms with Gasteiger partial charge in [-0.05, 0) is 44.4 Å². The summed E-state index contributed by atoms with van der Waals surface area (Å²) in [5.41, 5.74) is 1.20. The summed E-state index contributed by atoms with van der Waals surface area (Å²) in [6, 6.07) is 4.38. The molecule has 1 aromatic carbocycles. The number of hydrogen-bond acceptors (Lipinski definition) is 4. The highest BCUT2D eigenvalue weighted by molar-refractivity contribution is 7.89. The quantitative estimate of drug-likeness (QED) is 0.874. The summed E-state index contributed by atoms with van der Waals surface area (Å²) in [5.74, 6) is -0.260. The van der Waals surface area contributed by atoms with Crippen LogP contribution in [0.25, 0.3) is 0 Å². The number of nitrogens with one attached hydrogen (secondary N) is 1. The van der Waals surface area contributed by atoms with Crippen molar-refractivity contribution >= 4 is 21.6 Å². The first-order valence-electron chi connectivity index (χ1n) is 6.37. The van der Waals surface area contributed by atoms with Crippen LogP contribution >= 0.6 is 0 Å². The summed E-state index contributed by atoms with van der Waals surface area (Å²) in [6.45, 7) is 3.70. The lowest BCUT2D eigenvalue weighted by Crippen LogP contribution is -2.28. The molecule has 20 heavy (non-hydrogen) atoms. The Morgan fingerprint density at radius 2 is 2.10 bits per heavy atom. The highest BCUT2D eigenvalue weighted by atomic mass is 32.2. The van der Waals surface area contributed by atoms with Gasteiger partial charge >= 0.3 is 0 Å². The van der Waals surface area contributed by atoms with E-state index in [0.29, 0.717) is 12.1 Å². The first-order chi connectivity index (χ1) is 9.27. The molecule has 1 aromatic rings. The zero-order valence-electron chi connectivity index (χ0n) is 11.4. The molecule has 1 amide bonds. The second-order valence-electron chi connectivity index (χ2n) is 5.02. The van der Waals surface area contributed by atoms with E-state index in [9.17, 15) is 13.2 Å². The molecule has 0 radical (unpaired) electrons. The Morgan fingerprint density at radius 1 is 1.40 bits per heavy atom. The SMILES string of the molecule is Cc1ccc(S(N)(=O)=O)cc1NC(=O)C1CCC(C)O1. The first kappa shape index (κ1) is 15.0. The topological polar surface area (TPSA) is 98.5 Å². The maximum absolute atomic E-state index is 12.1. The van der Waals surface area contributed by atoms with Gasteiger partial charge in [0.15, 0.2) is 0 Å². The molecule has 1 heterocycles. The van der Waals surface area contributed by atoms with Crippen molar-refractivity contribution in [3.05, 3.63) is 23.8 Å². The lowest BCUT2D eigenvalue weighted by Gasteiger charge is -2.14. The van der Waals surface area contributed by atoms with Crippen LogP contribution in [-0.4, -0.2) is 26.5 Å². The first-order valence-corrected chi connectivity index (χ1v) is 7.92. The number of carbonyl (C=O) groups excluding carboxylic acids is 1. The number of ether oxygens (including phenoxy) is 1. The molecule has 1 aliphatic heterocycles. The monoisotopic (exact) mass is 298 g/mol. The molecular weight excluding hydrogens is 280 g/mol. The fourth-order valence-corrected chi connectivity index (χ4v) is 2.66. The van der Waals surface area contributed by atoms with E-state index in [1.165, 1.54) is 12.1 Å². The zero-order chi connectivity index (χ0) is 14.9. The predicted octanol–water partition coefficient (Wildman–Crippen LogP) is 1.15. The minimum absolute atomic E-state index is 0.0286. The minimum atomic E-state index is -3.79. The average molecular weight is 298 g/mol. The second kappa shape index (κ2) is 5.51. The summed E-state index contributed by atoms with van der Waals surface area (Å²) in [6.07, 6.45) is 1.10. The smallest absolute Gasteiger partial charge is 0.253 e. The number of amides is 1. The van der Waals surface area contributed by atoms with Gasteiger partial charge in [0.05, 0.1) is 11.0 Å². The summed E-state index contributed by atoms with van der Waals surface area (Å²) >= 11 is 0. The number of nitrogens with two attached hydrogens (primary N) is 1. The Bertz CT molecular complexity index is 627. The van der Waals surface area contributed by atoms with Crippen LogP contribution in [0.2, 0.25) is 0 Å². The number of rotatable bonds is 3. The van der Waals surface area contributed by atoms with Gasteiger partial charge in [-0.15, -0.1) is 0 Å². The number of primary sulfonamides is 1. The van der Waals surface area contributed by atoms with Crippen LogP contribution in [0.5, 0.6) is 0 Å². The highest BCUT2D eigenvalue weighted by Gasteiger charge is 2.28. The van der Waals surface area contributed by atoms with Crippen LogP contribution in [-0.2, 0) is 19.6 Å². The van der Waals surface area contributed by atoms with Crippen molar-refractivity contribution in [3.8, 4) is 0 Å². The maximum atomic E-state index is 12.1. The number of sulfonamides is 1. The summed E-state index contributed by atoms with van der Waals surface area (Å²) < 4.78 is 28.1. The Morgan fingerprint density at radius 3 is 2.65 bits per heavy atom. The van der Waals surface area contributed by atoms with E-state index < -0.39 is 16.1 Å². The molecule has 0 aliphatic carbocycles. The van der Waals surface area contributed by atoms with E-state index in [2.05, 4.69) is 5.32 Å². The Balaban J connectivity index is 2.18.